The Kier molecular flexibility index (Phi) is 5.76. The summed E-state index contributed by atoms with van der Waals surface area (Å²) in [5.41, 5.74) is 7.29. The molecule has 3 heterocycles. The van der Waals surface area contributed by atoms with Crippen molar-refractivity contribution in [2.45, 2.75) is 39.8 Å². The summed E-state index contributed by atoms with van der Waals surface area (Å²) >= 11 is 0. The first-order valence-electron chi connectivity index (χ1n) is 10.6. The molecule has 0 N–H and O–H groups in total. The molecule has 2 aromatic carbocycles. The Hall–Kier alpha value is -2.85. The summed E-state index contributed by atoms with van der Waals surface area (Å²) in [6, 6.07) is 17.9. The molecular weight excluding hydrogens is 409 g/mol. The van der Waals surface area contributed by atoms with E-state index in [0.29, 0.717) is 0 Å². The van der Waals surface area contributed by atoms with E-state index in [1.54, 1.807) is 12.1 Å². The molecule has 5 heteroatoms. The topological polar surface area (TPSA) is 21.1 Å². The second-order valence-electron chi connectivity index (χ2n) is 8.28. The largest absolute Gasteiger partial charge is 0.348 e. The number of aryl methyl sites for hydroxylation is 1. The van der Waals surface area contributed by atoms with Crippen LogP contribution >= 0.6 is 12.4 Å². The summed E-state index contributed by atoms with van der Waals surface area (Å²) in [5.74, 6) is 0.815. The lowest BCUT2D eigenvalue weighted by atomic mass is 9.93. The number of nitrogens with zero attached hydrogens (tertiary/aromatic N) is 3. The fourth-order valence-corrected chi connectivity index (χ4v) is 4.82. The molecular formula is C26H27ClFN3. The van der Waals surface area contributed by atoms with Gasteiger partial charge in [-0.3, -0.25) is 0 Å². The molecule has 1 aliphatic heterocycles. The van der Waals surface area contributed by atoms with Crippen LogP contribution in [0.25, 0.3) is 10.9 Å². The molecule has 2 aromatic heterocycles. The first-order valence-corrected chi connectivity index (χ1v) is 10.6. The van der Waals surface area contributed by atoms with Crippen LogP contribution in [0.15, 0.2) is 60.8 Å². The van der Waals surface area contributed by atoms with Gasteiger partial charge in [0.1, 0.15) is 5.82 Å². The maximum absolute atomic E-state index is 14.0. The van der Waals surface area contributed by atoms with E-state index in [-0.39, 0.29) is 24.3 Å². The smallest absolute Gasteiger partial charge is 0.153 e. The first-order chi connectivity index (χ1) is 14.5. The van der Waals surface area contributed by atoms with Gasteiger partial charge < -0.3 is 9.47 Å². The predicted octanol–water partition coefficient (Wildman–Crippen LogP) is 6.39. The summed E-state index contributed by atoms with van der Waals surface area (Å²) in [7, 11) is 0. The van der Waals surface area contributed by atoms with Crippen molar-refractivity contribution in [3.8, 4) is 0 Å². The van der Waals surface area contributed by atoms with Gasteiger partial charge >= 0.3 is 0 Å². The van der Waals surface area contributed by atoms with Gasteiger partial charge in [-0.15, -0.1) is 12.4 Å². The van der Waals surface area contributed by atoms with E-state index < -0.39 is 0 Å². The SMILES string of the molecule is Cc1c(C)n(Cc2ccccc2)c2c(N3CCc4ccc(F)cc4C3C)nccc12.Cl. The van der Waals surface area contributed by atoms with Gasteiger partial charge in [0.15, 0.2) is 5.82 Å². The quantitative estimate of drug-likeness (QED) is 0.372. The normalized spacial score (nSPS) is 15.6. The van der Waals surface area contributed by atoms with Crippen molar-refractivity contribution >= 4 is 29.1 Å². The van der Waals surface area contributed by atoms with Crippen molar-refractivity contribution < 1.29 is 4.39 Å². The van der Waals surface area contributed by atoms with E-state index in [2.05, 4.69) is 60.6 Å². The number of aromatic nitrogens is 2. The second-order valence-corrected chi connectivity index (χ2v) is 8.28. The minimum atomic E-state index is -0.173. The number of fused-ring (bicyclic) bond motifs is 2. The van der Waals surface area contributed by atoms with Crippen LogP contribution < -0.4 is 4.90 Å². The van der Waals surface area contributed by atoms with E-state index in [4.69, 9.17) is 4.98 Å². The van der Waals surface area contributed by atoms with Gasteiger partial charge in [0.25, 0.3) is 0 Å². The van der Waals surface area contributed by atoms with Crippen LogP contribution in [-0.2, 0) is 13.0 Å². The highest BCUT2D eigenvalue weighted by atomic mass is 35.5. The van der Waals surface area contributed by atoms with Crippen molar-refractivity contribution in [1.82, 2.24) is 9.55 Å². The zero-order chi connectivity index (χ0) is 20.8. The Morgan fingerprint density at radius 1 is 1.06 bits per heavy atom. The average molecular weight is 436 g/mol. The molecule has 0 radical (unpaired) electrons. The second kappa shape index (κ2) is 8.35. The van der Waals surface area contributed by atoms with Crippen molar-refractivity contribution in [1.29, 1.82) is 0 Å². The molecule has 4 aromatic rings. The molecule has 3 nitrogen and oxygen atoms in total. The predicted molar refractivity (Wildman–Crippen MR) is 128 cm³/mol. The maximum atomic E-state index is 14.0. The summed E-state index contributed by atoms with van der Waals surface area (Å²) in [6.07, 6.45) is 2.81. The maximum Gasteiger partial charge on any atom is 0.153 e. The average Bonchev–Trinajstić information content (AvgIpc) is 3.00. The molecule has 0 fully saturated rings. The van der Waals surface area contributed by atoms with Crippen LogP contribution in [0.1, 0.15) is 40.9 Å². The van der Waals surface area contributed by atoms with E-state index in [1.165, 1.54) is 33.3 Å². The number of rotatable bonds is 3. The third-order valence-corrected chi connectivity index (χ3v) is 6.63. The number of hydrogen-bond acceptors (Lipinski definition) is 2. The number of halogens is 2. The lowest BCUT2D eigenvalue weighted by Crippen LogP contribution is -2.35. The molecule has 5 rings (SSSR count). The van der Waals surface area contributed by atoms with Gasteiger partial charge in [-0.25, -0.2) is 9.37 Å². The standard InChI is InChI=1S/C26H26FN3.ClH/c1-17-18(2)30(16-20-7-5-4-6-8-20)25-23(17)11-13-28-26(25)29-14-12-21-9-10-22(27)15-24(21)19(29)3;/h4-11,13,15,19H,12,14,16H2,1-3H3;1H. The third kappa shape index (κ3) is 3.59. The highest BCUT2D eigenvalue weighted by Crippen LogP contribution is 2.38. The molecule has 31 heavy (non-hydrogen) atoms. The van der Waals surface area contributed by atoms with E-state index >= 15 is 0 Å². The van der Waals surface area contributed by atoms with Crippen LogP contribution in [-0.4, -0.2) is 16.1 Å². The Balaban J connectivity index is 0.00000231. The molecule has 0 amide bonds. The van der Waals surface area contributed by atoms with Gasteiger partial charge in [-0.1, -0.05) is 36.4 Å². The highest BCUT2D eigenvalue weighted by Gasteiger charge is 2.28. The fourth-order valence-electron chi connectivity index (χ4n) is 4.82. The minimum absolute atomic E-state index is 0. The first kappa shape index (κ1) is 21.4. The molecule has 1 atom stereocenters. The van der Waals surface area contributed by atoms with Crippen LogP contribution in [0.5, 0.6) is 0 Å². The van der Waals surface area contributed by atoms with Crippen LogP contribution in [0, 0.1) is 19.7 Å². The summed E-state index contributed by atoms with van der Waals surface area (Å²) in [6.45, 7) is 8.21. The van der Waals surface area contributed by atoms with Crippen molar-refractivity contribution in [2.75, 3.05) is 11.4 Å². The highest BCUT2D eigenvalue weighted by molar-refractivity contribution is 5.94. The van der Waals surface area contributed by atoms with Crippen molar-refractivity contribution in [2.24, 2.45) is 0 Å². The fraction of sp³-hybridized carbons (Fsp3) is 0.269. The number of hydrogen-bond donors (Lipinski definition) is 0. The molecule has 0 saturated carbocycles. The van der Waals surface area contributed by atoms with Gasteiger partial charge in [0, 0.05) is 30.4 Å². The molecule has 0 saturated heterocycles. The summed E-state index contributed by atoms with van der Waals surface area (Å²) in [5, 5.41) is 1.24. The molecule has 0 bridgehead atoms. The Morgan fingerprint density at radius 2 is 1.84 bits per heavy atom. The van der Waals surface area contributed by atoms with Gasteiger partial charge in [0.2, 0.25) is 0 Å². The van der Waals surface area contributed by atoms with E-state index in [0.717, 1.165) is 30.9 Å². The summed E-state index contributed by atoms with van der Waals surface area (Å²) < 4.78 is 16.4. The van der Waals surface area contributed by atoms with Crippen molar-refractivity contribution in [3.05, 3.63) is 94.6 Å². The van der Waals surface area contributed by atoms with Gasteiger partial charge in [0.05, 0.1) is 11.6 Å². The Morgan fingerprint density at radius 3 is 2.61 bits per heavy atom. The Bertz CT molecular complexity index is 1230. The lowest BCUT2D eigenvalue weighted by molar-refractivity contribution is 0.590. The van der Waals surface area contributed by atoms with Crippen LogP contribution in [0.3, 0.4) is 0 Å². The number of pyridine rings is 1. The molecule has 0 spiro atoms. The summed E-state index contributed by atoms with van der Waals surface area (Å²) in [4.78, 5) is 7.18. The molecule has 160 valence electrons. The molecule has 1 aliphatic rings. The van der Waals surface area contributed by atoms with Crippen LogP contribution in [0.4, 0.5) is 10.2 Å². The number of benzene rings is 2. The molecule has 0 aliphatic carbocycles. The zero-order valence-corrected chi connectivity index (χ0v) is 18.9. The monoisotopic (exact) mass is 435 g/mol. The van der Waals surface area contributed by atoms with Crippen molar-refractivity contribution in [3.63, 3.8) is 0 Å². The zero-order valence-electron chi connectivity index (χ0n) is 18.1. The Labute approximate surface area is 188 Å². The van der Waals surface area contributed by atoms with E-state index in [1.807, 2.05) is 18.3 Å². The third-order valence-electron chi connectivity index (χ3n) is 6.63. The number of anilines is 1. The lowest BCUT2D eigenvalue weighted by Gasteiger charge is -2.36. The van der Waals surface area contributed by atoms with Gasteiger partial charge in [-0.2, -0.15) is 0 Å². The van der Waals surface area contributed by atoms with Crippen LogP contribution in [0.2, 0.25) is 0 Å². The van der Waals surface area contributed by atoms with E-state index in [9.17, 15) is 4.39 Å². The minimum Gasteiger partial charge on any atom is -0.348 e. The van der Waals surface area contributed by atoms with Gasteiger partial charge in [-0.05, 0) is 67.6 Å². The molecule has 1 unspecified atom stereocenters.